The second-order valence-electron chi connectivity index (χ2n) is 14.9. The highest BCUT2D eigenvalue weighted by molar-refractivity contribution is 6.18. The minimum Gasteiger partial charge on any atom is -0.310 e. The first-order valence-electron chi connectivity index (χ1n) is 18.9. The largest absolute Gasteiger partial charge is 0.310 e. The Hall–Kier alpha value is -6.70. The van der Waals surface area contributed by atoms with Crippen molar-refractivity contribution in [3.63, 3.8) is 0 Å². The summed E-state index contributed by atoms with van der Waals surface area (Å²) < 4.78 is 0. The van der Waals surface area contributed by atoms with Gasteiger partial charge in [-0.15, -0.1) is 0 Å². The molecule has 9 aromatic rings. The molecular formula is C53H39N. The Morgan fingerprint density at radius 2 is 0.907 bits per heavy atom. The molecule has 0 bridgehead atoms. The van der Waals surface area contributed by atoms with Crippen LogP contribution in [0.4, 0.5) is 17.1 Å². The van der Waals surface area contributed by atoms with Gasteiger partial charge in [0.2, 0.25) is 0 Å². The average molecular weight is 690 g/mol. The van der Waals surface area contributed by atoms with Crippen LogP contribution in [-0.4, -0.2) is 0 Å². The van der Waals surface area contributed by atoms with E-state index in [2.05, 4.69) is 219 Å². The number of hydrogen-bond acceptors (Lipinski definition) is 1. The third kappa shape index (κ3) is 5.08. The zero-order valence-electron chi connectivity index (χ0n) is 30.5. The molecule has 1 aliphatic rings. The van der Waals surface area contributed by atoms with Crippen LogP contribution < -0.4 is 4.90 Å². The molecule has 0 saturated heterocycles. The van der Waals surface area contributed by atoms with E-state index in [1.807, 2.05) is 0 Å². The van der Waals surface area contributed by atoms with Crippen molar-refractivity contribution in [1.29, 1.82) is 0 Å². The summed E-state index contributed by atoms with van der Waals surface area (Å²) in [5.74, 6) is 0. The molecule has 0 N–H and O–H groups in total. The van der Waals surface area contributed by atoms with Crippen molar-refractivity contribution in [1.82, 2.24) is 0 Å². The van der Waals surface area contributed by atoms with E-state index in [4.69, 9.17) is 0 Å². The number of para-hydroxylation sites is 1. The van der Waals surface area contributed by atoms with Crippen LogP contribution in [0.25, 0.3) is 66.1 Å². The predicted octanol–water partition coefficient (Wildman–Crippen LogP) is 14.8. The molecule has 0 radical (unpaired) electrons. The van der Waals surface area contributed by atoms with Crippen molar-refractivity contribution < 1.29 is 0 Å². The van der Waals surface area contributed by atoms with Crippen molar-refractivity contribution in [2.75, 3.05) is 4.90 Å². The van der Waals surface area contributed by atoms with Gasteiger partial charge in [-0.25, -0.2) is 0 Å². The van der Waals surface area contributed by atoms with Crippen LogP contribution in [0.3, 0.4) is 0 Å². The standard InChI is InChI=1S/C53H39N/c1-53(2)48-28-13-11-24-44(48)46-27-16-30-50(52(46)53)54(49-29-14-12-23-42(49)36-17-5-3-6-18-36)40-33-31-38(32-34-40)43-25-15-26-45-41-22-10-9-21-39(41)35-47(51(43)45)37-19-7-4-8-20-37/h3-35H,1-2H3. The molecule has 0 heterocycles. The first kappa shape index (κ1) is 32.0. The Morgan fingerprint density at radius 1 is 0.370 bits per heavy atom. The zero-order valence-corrected chi connectivity index (χ0v) is 30.5. The molecule has 0 aliphatic heterocycles. The van der Waals surface area contributed by atoms with E-state index in [0.717, 1.165) is 11.4 Å². The summed E-state index contributed by atoms with van der Waals surface area (Å²) >= 11 is 0. The highest BCUT2D eigenvalue weighted by Gasteiger charge is 2.39. The minimum atomic E-state index is -0.179. The summed E-state index contributed by atoms with van der Waals surface area (Å²) in [6.45, 7) is 4.75. The quantitative estimate of drug-likeness (QED) is 0.157. The molecule has 0 amide bonds. The number of benzene rings is 9. The molecule has 0 saturated carbocycles. The minimum absolute atomic E-state index is 0.179. The van der Waals surface area contributed by atoms with E-state index in [1.54, 1.807) is 0 Å². The summed E-state index contributed by atoms with van der Waals surface area (Å²) in [5, 5.41) is 5.08. The molecule has 0 fully saturated rings. The van der Waals surface area contributed by atoms with Crippen LogP contribution in [0.15, 0.2) is 200 Å². The van der Waals surface area contributed by atoms with Gasteiger partial charge in [0.15, 0.2) is 0 Å². The first-order valence-corrected chi connectivity index (χ1v) is 18.9. The van der Waals surface area contributed by atoms with Gasteiger partial charge in [-0.1, -0.05) is 184 Å². The van der Waals surface area contributed by atoms with Gasteiger partial charge >= 0.3 is 0 Å². The molecule has 1 aliphatic carbocycles. The molecule has 1 nitrogen and oxygen atoms in total. The third-order valence-electron chi connectivity index (χ3n) is 11.4. The fraction of sp³-hybridized carbons (Fsp3) is 0.0566. The van der Waals surface area contributed by atoms with Gasteiger partial charge in [0.25, 0.3) is 0 Å². The molecular weight excluding hydrogens is 651 g/mol. The SMILES string of the molecule is CC1(C)c2ccccc2-c2cccc(N(c3ccc(-c4cccc5c4c(-c4ccccc4)cc4ccccc45)cc3)c3ccccc3-c3ccccc3)c21. The van der Waals surface area contributed by atoms with Crippen LogP contribution in [0.2, 0.25) is 0 Å². The Kier molecular flexibility index (Phi) is 7.56. The van der Waals surface area contributed by atoms with Gasteiger partial charge in [-0.2, -0.15) is 0 Å². The summed E-state index contributed by atoms with van der Waals surface area (Å²) in [6, 6.07) is 73.3. The van der Waals surface area contributed by atoms with Crippen LogP contribution in [0.1, 0.15) is 25.0 Å². The van der Waals surface area contributed by atoms with E-state index in [-0.39, 0.29) is 5.41 Å². The van der Waals surface area contributed by atoms with Gasteiger partial charge in [0.05, 0.1) is 11.4 Å². The molecule has 54 heavy (non-hydrogen) atoms. The smallest absolute Gasteiger partial charge is 0.0540 e. The average Bonchev–Trinajstić information content (AvgIpc) is 3.48. The number of fused-ring (bicyclic) bond motifs is 6. The molecule has 9 aromatic carbocycles. The van der Waals surface area contributed by atoms with Crippen molar-refractivity contribution in [3.05, 3.63) is 211 Å². The van der Waals surface area contributed by atoms with Crippen LogP contribution in [0, 0.1) is 0 Å². The maximum atomic E-state index is 2.49. The number of hydrogen-bond donors (Lipinski definition) is 0. The second-order valence-corrected chi connectivity index (χ2v) is 14.9. The summed E-state index contributed by atoms with van der Waals surface area (Å²) in [7, 11) is 0. The number of anilines is 3. The van der Waals surface area contributed by atoms with Gasteiger partial charge in [0, 0.05) is 16.7 Å². The van der Waals surface area contributed by atoms with Gasteiger partial charge in [-0.05, 0) is 102 Å². The summed E-state index contributed by atoms with van der Waals surface area (Å²) in [4.78, 5) is 2.49. The Bertz CT molecular complexity index is 2830. The van der Waals surface area contributed by atoms with E-state index >= 15 is 0 Å². The topological polar surface area (TPSA) is 3.24 Å². The second kappa shape index (κ2) is 12.8. The predicted molar refractivity (Wildman–Crippen MR) is 230 cm³/mol. The molecule has 0 unspecified atom stereocenters. The highest BCUT2D eigenvalue weighted by atomic mass is 15.1. The fourth-order valence-electron chi connectivity index (χ4n) is 8.98. The van der Waals surface area contributed by atoms with Crippen LogP contribution >= 0.6 is 0 Å². The van der Waals surface area contributed by atoms with E-state index in [9.17, 15) is 0 Å². The van der Waals surface area contributed by atoms with Gasteiger partial charge in [-0.3, -0.25) is 0 Å². The maximum absolute atomic E-state index is 2.49. The lowest BCUT2D eigenvalue weighted by Crippen LogP contribution is -2.21. The normalized spacial score (nSPS) is 12.8. The lowest BCUT2D eigenvalue weighted by molar-refractivity contribution is 0.661. The monoisotopic (exact) mass is 689 g/mol. The number of nitrogens with zero attached hydrogens (tertiary/aromatic N) is 1. The Balaban J connectivity index is 1.19. The molecule has 0 aromatic heterocycles. The summed E-state index contributed by atoms with van der Waals surface area (Å²) in [5.41, 5.74) is 16.0. The highest BCUT2D eigenvalue weighted by Crippen LogP contribution is 2.55. The maximum Gasteiger partial charge on any atom is 0.0540 e. The lowest BCUT2D eigenvalue weighted by atomic mass is 9.81. The summed E-state index contributed by atoms with van der Waals surface area (Å²) in [6.07, 6.45) is 0. The number of rotatable bonds is 6. The Labute approximate surface area is 317 Å². The lowest BCUT2D eigenvalue weighted by Gasteiger charge is -2.33. The zero-order chi connectivity index (χ0) is 36.2. The molecule has 256 valence electrons. The Morgan fingerprint density at radius 3 is 1.69 bits per heavy atom. The molecule has 0 spiro atoms. The van der Waals surface area contributed by atoms with Gasteiger partial charge < -0.3 is 4.90 Å². The van der Waals surface area contributed by atoms with Crippen LogP contribution in [0.5, 0.6) is 0 Å². The van der Waals surface area contributed by atoms with Gasteiger partial charge in [0.1, 0.15) is 0 Å². The van der Waals surface area contributed by atoms with Crippen molar-refractivity contribution >= 4 is 38.6 Å². The van der Waals surface area contributed by atoms with Crippen LogP contribution in [-0.2, 0) is 5.41 Å². The fourth-order valence-corrected chi connectivity index (χ4v) is 8.98. The molecule has 0 atom stereocenters. The van der Waals surface area contributed by atoms with E-state index in [0.29, 0.717) is 0 Å². The van der Waals surface area contributed by atoms with E-state index < -0.39 is 0 Å². The van der Waals surface area contributed by atoms with Crippen molar-refractivity contribution in [2.24, 2.45) is 0 Å². The third-order valence-corrected chi connectivity index (χ3v) is 11.4. The first-order chi connectivity index (χ1) is 26.6. The molecule has 1 heteroatoms. The van der Waals surface area contributed by atoms with Crippen molar-refractivity contribution in [2.45, 2.75) is 19.3 Å². The molecule has 10 rings (SSSR count). The van der Waals surface area contributed by atoms with Crippen molar-refractivity contribution in [3.8, 4) is 44.5 Å². The van der Waals surface area contributed by atoms with E-state index in [1.165, 1.54) is 82.9 Å².